The van der Waals surface area contributed by atoms with Gasteiger partial charge in [0.05, 0.1) is 11.3 Å². The van der Waals surface area contributed by atoms with E-state index >= 15 is 0 Å². The number of fused-ring (bicyclic) bond motifs is 5. The SMILES string of the molecule is C=CC(=O)c1cn2c(cc1=O)-c1oc3c(/C(C)=C/C=C\C)cccc3c1CC2.CC.CC(C)C.[HH]. The van der Waals surface area contributed by atoms with Crippen LogP contribution in [-0.2, 0) is 13.0 Å². The molecule has 0 saturated carbocycles. The first-order valence-electron chi connectivity index (χ1n) is 12.0. The minimum Gasteiger partial charge on any atom is -0.454 e. The van der Waals surface area contributed by atoms with Crippen molar-refractivity contribution in [2.75, 3.05) is 0 Å². The predicted octanol–water partition coefficient (Wildman–Crippen LogP) is 8.10. The fraction of sp³-hybridized carbons (Fsp3) is 0.333. The summed E-state index contributed by atoms with van der Waals surface area (Å²) in [5, 5.41) is 1.07. The van der Waals surface area contributed by atoms with Crippen molar-refractivity contribution in [1.82, 2.24) is 4.57 Å². The molecule has 34 heavy (non-hydrogen) atoms. The monoisotopic (exact) mass is 461 g/mol. The van der Waals surface area contributed by atoms with Gasteiger partial charge in [-0.15, -0.1) is 0 Å². The second-order valence-corrected chi connectivity index (χ2v) is 8.65. The standard InChI is InChI=1S/C24H21NO3.C4H10.C2H6.H2/c1-4-6-8-15(3)16-9-7-10-17-18-11-12-25-14-19(21(26)5-2)22(27)13-20(25)24(18)28-23(16)17;1-4(2)3;1-2;/h4-10,13-14H,2,11-12H2,1,3H3;4H,1-3H3;1-2H3;1H/b6-4-,15-8+;;;. The Morgan fingerprint density at radius 1 is 1.21 bits per heavy atom. The summed E-state index contributed by atoms with van der Waals surface area (Å²) in [6.07, 6.45) is 9.62. The molecule has 0 atom stereocenters. The van der Waals surface area contributed by atoms with Crippen molar-refractivity contribution in [3.05, 3.63) is 88.3 Å². The molecule has 3 heterocycles. The molecule has 2 aromatic heterocycles. The molecule has 3 aromatic rings. The fourth-order valence-electron chi connectivity index (χ4n) is 3.75. The molecule has 0 N–H and O–H groups in total. The lowest BCUT2D eigenvalue weighted by Gasteiger charge is -2.18. The van der Waals surface area contributed by atoms with Crippen LogP contribution in [0, 0.1) is 5.92 Å². The zero-order valence-electron chi connectivity index (χ0n) is 21.6. The Labute approximate surface area is 204 Å². The van der Waals surface area contributed by atoms with E-state index in [9.17, 15) is 9.59 Å². The summed E-state index contributed by atoms with van der Waals surface area (Å²) in [6.45, 7) is 18.7. The normalized spacial score (nSPS) is 12.4. The van der Waals surface area contributed by atoms with Gasteiger partial charge in [0.2, 0.25) is 0 Å². The number of hydrogen-bond acceptors (Lipinski definition) is 3. The van der Waals surface area contributed by atoms with Crippen LogP contribution in [0.25, 0.3) is 28.0 Å². The second kappa shape index (κ2) is 12.2. The number of para-hydroxylation sites is 1. The van der Waals surface area contributed by atoms with Crippen LogP contribution in [0.3, 0.4) is 0 Å². The van der Waals surface area contributed by atoms with Crippen molar-refractivity contribution < 1.29 is 10.6 Å². The Bertz CT molecular complexity index is 1290. The Hall–Kier alpha value is -3.40. The van der Waals surface area contributed by atoms with Crippen LogP contribution in [0.5, 0.6) is 0 Å². The molecule has 182 valence electrons. The molecule has 4 nitrogen and oxygen atoms in total. The molecule has 1 aromatic carbocycles. The van der Waals surface area contributed by atoms with E-state index in [-0.39, 0.29) is 18.2 Å². The quantitative estimate of drug-likeness (QED) is 0.224. The molecule has 0 aliphatic carbocycles. The van der Waals surface area contributed by atoms with Crippen molar-refractivity contribution in [1.29, 1.82) is 0 Å². The van der Waals surface area contributed by atoms with Crippen LogP contribution >= 0.6 is 0 Å². The summed E-state index contributed by atoms with van der Waals surface area (Å²) in [4.78, 5) is 24.4. The van der Waals surface area contributed by atoms with E-state index < -0.39 is 0 Å². The van der Waals surface area contributed by atoms with Gasteiger partial charge in [0, 0.05) is 36.7 Å². The highest BCUT2D eigenvalue weighted by Gasteiger charge is 2.25. The van der Waals surface area contributed by atoms with Crippen molar-refractivity contribution >= 4 is 22.3 Å². The van der Waals surface area contributed by atoms with Gasteiger partial charge in [0.15, 0.2) is 17.0 Å². The van der Waals surface area contributed by atoms with E-state index in [4.69, 9.17) is 4.42 Å². The van der Waals surface area contributed by atoms with E-state index in [1.807, 2.05) is 49.6 Å². The lowest BCUT2D eigenvalue weighted by atomic mass is 9.98. The first-order valence-corrected chi connectivity index (χ1v) is 12.0. The summed E-state index contributed by atoms with van der Waals surface area (Å²) < 4.78 is 8.22. The van der Waals surface area contributed by atoms with Crippen molar-refractivity contribution in [2.24, 2.45) is 5.92 Å². The molecule has 0 amide bonds. The lowest BCUT2D eigenvalue weighted by molar-refractivity contribution is 0.104. The molecule has 0 unspecified atom stereocenters. The smallest absolute Gasteiger partial charge is 0.193 e. The Morgan fingerprint density at radius 3 is 2.50 bits per heavy atom. The van der Waals surface area contributed by atoms with Crippen LogP contribution in [0.4, 0.5) is 0 Å². The maximum Gasteiger partial charge on any atom is 0.193 e. The predicted molar refractivity (Wildman–Crippen MR) is 147 cm³/mol. The zero-order valence-corrected chi connectivity index (χ0v) is 21.6. The number of carbonyl (C=O) groups is 1. The Morgan fingerprint density at radius 2 is 1.88 bits per heavy atom. The van der Waals surface area contributed by atoms with Gasteiger partial charge in [-0.2, -0.15) is 0 Å². The van der Waals surface area contributed by atoms with Crippen LogP contribution in [-0.4, -0.2) is 10.4 Å². The van der Waals surface area contributed by atoms with Crippen LogP contribution < -0.4 is 5.43 Å². The Kier molecular flexibility index (Phi) is 9.61. The number of aryl methyl sites for hydroxylation is 2. The molecule has 4 rings (SSSR count). The van der Waals surface area contributed by atoms with Crippen LogP contribution in [0.1, 0.15) is 71.4 Å². The molecule has 4 heteroatoms. The maximum absolute atomic E-state index is 12.5. The van der Waals surface area contributed by atoms with E-state index in [1.165, 1.54) is 12.1 Å². The van der Waals surface area contributed by atoms with Gasteiger partial charge in [-0.1, -0.05) is 77.6 Å². The highest BCUT2D eigenvalue weighted by molar-refractivity contribution is 6.04. The second-order valence-electron chi connectivity index (χ2n) is 8.65. The third-order valence-electron chi connectivity index (χ3n) is 5.20. The number of allylic oxidation sites excluding steroid dienone is 5. The highest BCUT2D eigenvalue weighted by atomic mass is 16.3. The number of furan rings is 1. The number of aromatic nitrogens is 1. The summed E-state index contributed by atoms with van der Waals surface area (Å²) in [5.41, 5.74) is 4.63. The summed E-state index contributed by atoms with van der Waals surface area (Å²) in [5.74, 6) is 1.19. The fourth-order valence-corrected chi connectivity index (χ4v) is 3.75. The third kappa shape index (κ3) is 5.74. The van der Waals surface area contributed by atoms with Gasteiger partial charge in [-0.25, -0.2) is 0 Å². The Balaban J connectivity index is 0.000000797. The third-order valence-corrected chi connectivity index (χ3v) is 5.20. The van der Waals surface area contributed by atoms with Crippen molar-refractivity contribution in [2.45, 2.75) is 61.4 Å². The van der Waals surface area contributed by atoms with Gasteiger partial charge in [0.1, 0.15) is 5.58 Å². The van der Waals surface area contributed by atoms with Crippen LogP contribution in [0.2, 0.25) is 0 Å². The first-order chi connectivity index (χ1) is 16.3. The minimum absolute atomic E-state index is 0. The lowest BCUT2D eigenvalue weighted by Crippen LogP contribution is -2.20. The van der Waals surface area contributed by atoms with E-state index in [2.05, 4.69) is 46.4 Å². The number of nitrogens with zero attached hydrogens (tertiary/aromatic N) is 1. The van der Waals surface area contributed by atoms with E-state index in [0.29, 0.717) is 18.0 Å². The average Bonchev–Trinajstić information content (AvgIpc) is 3.22. The molecule has 0 spiro atoms. The van der Waals surface area contributed by atoms with Gasteiger partial charge < -0.3 is 8.98 Å². The van der Waals surface area contributed by atoms with Crippen LogP contribution in [0.15, 0.2) is 70.6 Å². The number of pyridine rings is 1. The summed E-state index contributed by atoms with van der Waals surface area (Å²) in [6, 6.07) is 7.65. The number of hydrogen-bond donors (Lipinski definition) is 0. The molecular formula is C30H39NO3. The zero-order chi connectivity index (χ0) is 25.4. The topological polar surface area (TPSA) is 52.2 Å². The number of rotatable bonds is 4. The minimum atomic E-state index is -0.359. The van der Waals surface area contributed by atoms with E-state index in [0.717, 1.165) is 40.0 Å². The first kappa shape index (κ1) is 26.8. The van der Waals surface area contributed by atoms with Gasteiger partial charge >= 0.3 is 0 Å². The molecule has 0 fully saturated rings. The maximum atomic E-state index is 12.5. The number of carbonyl (C=O) groups excluding carboxylic acids is 1. The van der Waals surface area contributed by atoms with Gasteiger partial charge in [0.25, 0.3) is 0 Å². The molecule has 1 aliphatic rings. The highest BCUT2D eigenvalue weighted by Crippen LogP contribution is 2.39. The number of ketones is 1. The molecule has 1 aliphatic heterocycles. The molecule has 0 radical (unpaired) electrons. The van der Waals surface area contributed by atoms with Crippen molar-refractivity contribution in [3.63, 3.8) is 0 Å². The van der Waals surface area contributed by atoms with E-state index in [1.54, 1.807) is 6.20 Å². The van der Waals surface area contributed by atoms with Crippen molar-refractivity contribution in [3.8, 4) is 11.5 Å². The average molecular weight is 462 g/mol. The molecule has 0 bridgehead atoms. The van der Waals surface area contributed by atoms with Gasteiger partial charge in [-0.05, 0) is 37.8 Å². The molecule has 0 saturated heterocycles. The summed E-state index contributed by atoms with van der Waals surface area (Å²) in [7, 11) is 0. The molecular weight excluding hydrogens is 422 g/mol. The largest absolute Gasteiger partial charge is 0.454 e. The summed E-state index contributed by atoms with van der Waals surface area (Å²) >= 11 is 0. The van der Waals surface area contributed by atoms with Gasteiger partial charge in [-0.3, -0.25) is 9.59 Å². The number of benzene rings is 1.